The summed E-state index contributed by atoms with van der Waals surface area (Å²) in [4.78, 5) is 22.3. The first kappa shape index (κ1) is 30.2. The smallest absolute Gasteiger partial charge is 0.260 e. The molecule has 0 aliphatic rings. The number of aryl methyl sites for hydroxylation is 1. The van der Waals surface area contributed by atoms with Gasteiger partial charge in [0.2, 0.25) is 10.0 Å². The quantitative estimate of drug-likeness (QED) is 0.305. The maximum absolute atomic E-state index is 13.6. The molecule has 0 unspecified atom stereocenters. The zero-order valence-corrected chi connectivity index (χ0v) is 24.2. The molecule has 7 nitrogen and oxygen atoms in total. The van der Waals surface area contributed by atoms with Crippen molar-refractivity contribution in [2.45, 2.75) is 44.4 Å². The highest BCUT2D eigenvalue weighted by atomic mass is 35.5. The highest BCUT2D eigenvalue weighted by Gasteiger charge is 2.24. The molecule has 0 spiro atoms. The summed E-state index contributed by atoms with van der Waals surface area (Å²) in [5, 5.41) is 0.660. The second-order valence-electron chi connectivity index (χ2n) is 8.97. The Labute approximate surface area is 225 Å². The van der Waals surface area contributed by atoms with E-state index in [1.807, 2.05) is 27.1 Å². The highest BCUT2D eigenvalue weighted by molar-refractivity contribution is 7.89. The van der Waals surface area contributed by atoms with Gasteiger partial charge in [-0.2, -0.15) is 0 Å². The van der Waals surface area contributed by atoms with Crippen molar-refractivity contribution in [2.75, 3.05) is 45.7 Å². The molecule has 0 saturated carbocycles. The Morgan fingerprint density at radius 3 is 2.25 bits per heavy atom. The fraction of sp³-hybridized carbons (Fsp3) is 0.462. The molecule has 3 aromatic rings. The number of amides is 1. The summed E-state index contributed by atoms with van der Waals surface area (Å²) < 4.78 is 28.1. The number of unbranched alkanes of at least 4 members (excludes halogenated alkanes) is 1. The molecule has 198 valence electrons. The number of fused-ring (bicyclic) bond motifs is 1. The normalized spacial score (nSPS) is 11.8. The molecule has 0 radical (unpaired) electrons. The Bertz CT molecular complexity index is 1240. The number of benzene rings is 2. The molecule has 0 saturated heterocycles. The van der Waals surface area contributed by atoms with Crippen LogP contribution in [0.25, 0.3) is 10.2 Å². The first-order valence-electron chi connectivity index (χ1n) is 12.1. The van der Waals surface area contributed by atoms with Gasteiger partial charge in [0.25, 0.3) is 5.91 Å². The van der Waals surface area contributed by atoms with E-state index in [4.69, 9.17) is 4.98 Å². The number of sulfonamides is 1. The molecule has 0 bridgehead atoms. The van der Waals surface area contributed by atoms with Crippen LogP contribution in [-0.2, 0) is 16.4 Å². The van der Waals surface area contributed by atoms with E-state index in [0.29, 0.717) is 23.8 Å². The Morgan fingerprint density at radius 1 is 0.944 bits per heavy atom. The Hall–Kier alpha value is -2.04. The minimum atomic E-state index is -3.58. The van der Waals surface area contributed by atoms with Gasteiger partial charge >= 0.3 is 0 Å². The summed E-state index contributed by atoms with van der Waals surface area (Å²) in [7, 11) is 2.02. The van der Waals surface area contributed by atoms with E-state index in [2.05, 4.69) is 24.0 Å². The molecular weight excluding hydrogens is 516 g/mol. The zero-order valence-electron chi connectivity index (χ0n) is 21.7. The van der Waals surface area contributed by atoms with Crippen LogP contribution in [0.4, 0.5) is 5.13 Å². The van der Waals surface area contributed by atoms with Crippen molar-refractivity contribution >= 4 is 55.0 Å². The second kappa shape index (κ2) is 13.5. The monoisotopic (exact) mass is 552 g/mol. The number of thiazole rings is 1. The number of aromatic nitrogens is 1. The number of halogens is 1. The lowest BCUT2D eigenvalue weighted by Gasteiger charge is -2.21. The Kier molecular flexibility index (Phi) is 11.3. The Balaban J connectivity index is 0.00000456. The number of hydrogen-bond acceptors (Lipinski definition) is 6. The third-order valence-corrected chi connectivity index (χ3v) is 8.86. The molecule has 1 amide bonds. The standard InChI is InChI=1S/C26H36N4O3S2.ClH/c1-6-8-17-29(5)35(32,33)22-13-11-21(12-14-22)25(31)30(18-9-16-28(3)4)26-27-23-15-10-20(7-2)19-24(23)34-26;/h10-15,19H,6-9,16-18H2,1-5H3;1H. The highest BCUT2D eigenvalue weighted by Crippen LogP contribution is 2.31. The molecule has 0 aliphatic heterocycles. The summed E-state index contributed by atoms with van der Waals surface area (Å²) in [6.07, 6.45) is 3.46. The van der Waals surface area contributed by atoms with Gasteiger partial charge in [-0.25, -0.2) is 17.7 Å². The minimum absolute atomic E-state index is 0. The van der Waals surface area contributed by atoms with E-state index in [1.54, 1.807) is 24.1 Å². The molecule has 0 N–H and O–H groups in total. The van der Waals surface area contributed by atoms with Crippen LogP contribution in [0.1, 0.15) is 49.0 Å². The third kappa shape index (κ3) is 7.26. The molecule has 1 aromatic heterocycles. The van der Waals surface area contributed by atoms with Crippen LogP contribution in [-0.4, -0.2) is 69.3 Å². The van der Waals surface area contributed by atoms with Crippen molar-refractivity contribution in [3.63, 3.8) is 0 Å². The lowest BCUT2D eigenvalue weighted by atomic mass is 10.2. The molecule has 0 atom stereocenters. The van der Waals surface area contributed by atoms with Crippen LogP contribution < -0.4 is 4.90 Å². The Morgan fingerprint density at radius 2 is 1.64 bits per heavy atom. The average Bonchev–Trinajstić information content (AvgIpc) is 3.27. The van der Waals surface area contributed by atoms with Crippen LogP contribution in [0.2, 0.25) is 0 Å². The first-order chi connectivity index (χ1) is 16.7. The third-order valence-electron chi connectivity index (χ3n) is 5.95. The number of carbonyl (C=O) groups is 1. The van der Waals surface area contributed by atoms with Gasteiger partial charge in [0.15, 0.2) is 5.13 Å². The lowest BCUT2D eigenvalue weighted by molar-refractivity contribution is 0.0986. The summed E-state index contributed by atoms with van der Waals surface area (Å²) in [5.41, 5.74) is 2.56. The van der Waals surface area contributed by atoms with Crippen LogP contribution in [0.15, 0.2) is 47.4 Å². The number of nitrogens with zero attached hydrogens (tertiary/aromatic N) is 4. The first-order valence-corrected chi connectivity index (χ1v) is 14.4. The van der Waals surface area contributed by atoms with Crippen LogP contribution in [0, 0.1) is 0 Å². The van der Waals surface area contributed by atoms with E-state index < -0.39 is 10.0 Å². The second-order valence-corrected chi connectivity index (χ2v) is 12.0. The maximum atomic E-state index is 13.6. The largest absolute Gasteiger partial charge is 0.309 e. The molecule has 3 rings (SSSR count). The van der Waals surface area contributed by atoms with Gasteiger partial charge in [-0.15, -0.1) is 12.4 Å². The van der Waals surface area contributed by atoms with Crippen molar-refractivity contribution in [1.82, 2.24) is 14.2 Å². The molecule has 0 fully saturated rings. The van der Waals surface area contributed by atoms with E-state index in [1.165, 1.54) is 33.3 Å². The van der Waals surface area contributed by atoms with E-state index in [-0.39, 0.29) is 23.2 Å². The molecule has 2 aromatic carbocycles. The van der Waals surface area contributed by atoms with Gasteiger partial charge in [0.05, 0.1) is 15.1 Å². The molecule has 36 heavy (non-hydrogen) atoms. The van der Waals surface area contributed by atoms with Gasteiger partial charge in [-0.3, -0.25) is 9.69 Å². The zero-order chi connectivity index (χ0) is 25.6. The van der Waals surface area contributed by atoms with Crippen molar-refractivity contribution in [3.8, 4) is 0 Å². The molecule has 1 heterocycles. The maximum Gasteiger partial charge on any atom is 0.260 e. The van der Waals surface area contributed by atoms with Gasteiger partial charge < -0.3 is 4.90 Å². The molecular formula is C26H37ClN4O3S2. The van der Waals surface area contributed by atoms with Crippen molar-refractivity contribution < 1.29 is 13.2 Å². The number of carbonyl (C=O) groups excluding carboxylic acids is 1. The van der Waals surface area contributed by atoms with Crippen molar-refractivity contribution in [3.05, 3.63) is 53.6 Å². The van der Waals surface area contributed by atoms with Gasteiger partial charge in [0.1, 0.15) is 0 Å². The van der Waals surface area contributed by atoms with Crippen molar-refractivity contribution in [1.29, 1.82) is 0 Å². The lowest BCUT2D eigenvalue weighted by Crippen LogP contribution is -2.33. The van der Waals surface area contributed by atoms with Crippen molar-refractivity contribution in [2.24, 2.45) is 0 Å². The van der Waals surface area contributed by atoms with Crippen LogP contribution >= 0.6 is 23.7 Å². The van der Waals surface area contributed by atoms with Gasteiger partial charge in [-0.05, 0) is 81.9 Å². The van der Waals surface area contributed by atoms with Crippen LogP contribution in [0.3, 0.4) is 0 Å². The fourth-order valence-corrected chi connectivity index (χ4v) is 5.99. The van der Waals surface area contributed by atoms with E-state index in [9.17, 15) is 13.2 Å². The topological polar surface area (TPSA) is 73.8 Å². The summed E-state index contributed by atoms with van der Waals surface area (Å²) in [5.74, 6) is -0.179. The fourth-order valence-electron chi connectivity index (χ4n) is 3.73. The summed E-state index contributed by atoms with van der Waals surface area (Å²) in [6.45, 7) is 5.98. The predicted molar refractivity (Wildman–Crippen MR) is 152 cm³/mol. The van der Waals surface area contributed by atoms with Gasteiger partial charge in [0, 0.05) is 25.7 Å². The van der Waals surface area contributed by atoms with E-state index in [0.717, 1.165) is 42.4 Å². The number of hydrogen-bond donors (Lipinski definition) is 0. The minimum Gasteiger partial charge on any atom is -0.309 e. The number of anilines is 1. The summed E-state index contributed by atoms with van der Waals surface area (Å²) >= 11 is 1.51. The van der Waals surface area contributed by atoms with Crippen LogP contribution in [0.5, 0.6) is 0 Å². The van der Waals surface area contributed by atoms with E-state index >= 15 is 0 Å². The molecule has 0 aliphatic carbocycles. The van der Waals surface area contributed by atoms with Gasteiger partial charge in [-0.1, -0.05) is 37.7 Å². The predicted octanol–water partition coefficient (Wildman–Crippen LogP) is 5.30. The SMILES string of the molecule is CCCCN(C)S(=O)(=O)c1ccc(C(=O)N(CCCN(C)C)c2nc3ccc(CC)cc3s2)cc1.Cl. The average molecular weight is 553 g/mol. The number of rotatable bonds is 12. The summed E-state index contributed by atoms with van der Waals surface area (Å²) in [6, 6.07) is 12.5. The molecule has 10 heteroatoms.